The van der Waals surface area contributed by atoms with Crippen LogP contribution < -0.4 is 5.32 Å². The summed E-state index contributed by atoms with van der Waals surface area (Å²) >= 11 is 11.5. The van der Waals surface area contributed by atoms with Gasteiger partial charge in [-0.3, -0.25) is 10.00 Å². The number of hydrogen-bond acceptors (Lipinski definition) is 5. The molecular weight excluding hydrogens is 506 g/mol. The average molecular weight is 522 g/mol. The molecule has 0 spiro atoms. The van der Waals surface area contributed by atoms with Gasteiger partial charge in [0.25, 0.3) is 0 Å². The van der Waals surface area contributed by atoms with Gasteiger partial charge in [0, 0.05) is 22.8 Å². The molecule has 2 aromatic carbocycles. The molecular formula is C20H16Cl2F3N3O4S. The molecule has 0 atom stereocenters. The zero-order valence-electron chi connectivity index (χ0n) is 16.9. The average Bonchev–Trinajstić information content (AvgIpc) is 3.07. The summed E-state index contributed by atoms with van der Waals surface area (Å²) < 4.78 is 72.2. The zero-order chi connectivity index (χ0) is 24.4. The van der Waals surface area contributed by atoms with Crippen LogP contribution in [0.15, 0.2) is 53.6 Å². The number of anilines is 1. The van der Waals surface area contributed by atoms with Crippen molar-refractivity contribution >= 4 is 44.8 Å². The Morgan fingerprint density at radius 2 is 1.61 bits per heavy atom. The Hall–Kier alpha value is -2.76. The van der Waals surface area contributed by atoms with Crippen molar-refractivity contribution in [1.82, 2.24) is 9.78 Å². The predicted molar refractivity (Wildman–Crippen MR) is 116 cm³/mol. The van der Waals surface area contributed by atoms with Crippen molar-refractivity contribution in [2.24, 2.45) is 7.05 Å². The van der Waals surface area contributed by atoms with Crippen LogP contribution in [0, 0.1) is 0 Å². The van der Waals surface area contributed by atoms with Crippen molar-refractivity contribution in [3.8, 4) is 0 Å². The maximum Gasteiger partial charge on any atom is 0.435 e. The van der Waals surface area contributed by atoms with Gasteiger partial charge in [-0.05, 0) is 42.0 Å². The number of benzene rings is 2. The third-order valence-electron chi connectivity index (χ3n) is 4.36. The smallest absolute Gasteiger partial charge is 0.435 e. The van der Waals surface area contributed by atoms with Crippen LogP contribution in [-0.2, 0) is 40.2 Å². The lowest BCUT2D eigenvalue weighted by molar-refractivity contribution is -0.142. The van der Waals surface area contributed by atoms with Gasteiger partial charge in [0.2, 0.25) is 0 Å². The quantitative estimate of drug-likeness (QED) is 0.464. The first-order chi connectivity index (χ1) is 15.4. The Labute approximate surface area is 197 Å². The van der Waals surface area contributed by atoms with Gasteiger partial charge < -0.3 is 4.74 Å². The molecule has 33 heavy (non-hydrogen) atoms. The zero-order valence-corrected chi connectivity index (χ0v) is 19.2. The van der Waals surface area contributed by atoms with Crippen LogP contribution in [0.2, 0.25) is 10.0 Å². The molecule has 0 saturated carbocycles. The maximum absolute atomic E-state index is 13.6. The van der Waals surface area contributed by atoms with Crippen molar-refractivity contribution in [3.63, 3.8) is 0 Å². The first-order valence-electron chi connectivity index (χ1n) is 9.16. The summed E-state index contributed by atoms with van der Waals surface area (Å²) in [4.78, 5) is 12.1. The number of ether oxygens (including phenoxy) is 1. The molecule has 1 N–H and O–H groups in total. The van der Waals surface area contributed by atoms with Crippen molar-refractivity contribution in [1.29, 1.82) is 0 Å². The Morgan fingerprint density at radius 3 is 2.15 bits per heavy atom. The summed E-state index contributed by atoms with van der Waals surface area (Å²) in [5.41, 5.74) is -1.65. The largest absolute Gasteiger partial charge is 0.444 e. The van der Waals surface area contributed by atoms with Crippen molar-refractivity contribution in [2.45, 2.75) is 23.6 Å². The summed E-state index contributed by atoms with van der Waals surface area (Å²) in [6.45, 7) is -0.975. The summed E-state index contributed by atoms with van der Waals surface area (Å²) in [6.07, 6.45) is -6.06. The van der Waals surface area contributed by atoms with Gasteiger partial charge in [0.1, 0.15) is 6.61 Å². The Kier molecular flexibility index (Phi) is 7.25. The molecule has 0 unspecified atom stereocenters. The fourth-order valence-electron chi connectivity index (χ4n) is 2.99. The van der Waals surface area contributed by atoms with Crippen molar-refractivity contribution < 1.29 is 31.1 Å². The summed E-state index contributed by atoms with van der Waals surface area (Å²) in [5.74, 6) is -0.606. The van der Waals surface area contributed by atoms with E-state index >= 15 is 0 Å². The fraction of sp³-hybridized carbons (Fsp3) is 0.200. The molecule has 176 valence electrons. The minimum Gasteiger partial charge on any atom is -0.444 e. The number of nitrogens with one attached hydrogen (secondary N) is 1. The van der Waals surface area contributed by atoms with E-state index in [1.54, 1.807) is 0 Å². The van der Waals surface area contributed by atoms with E-state index in [4.69, 9.17) is 27.9 Å². The van der Waals surface area contributed by atoms with Gasteiger partial charge in [-0.2, -0.15) is 18.3 Å². The molecule has 3 rings (SSSR count). The van der Waals surface area contributed by atoms with Crippen LogP contribution in [0.25, 0.3) is 0 Å². The van der Waals surface area contributed by atoms with Crippen LogP contribution in [0.1, 0.15) is 16.8 Å². The minimum absolute atomic E-state index is 0.280. The number of aromatic nitrogens is 2. The predicted octanol–water partition coefficient (Wildman–Crippen LogP) is 5.47. The van der Waals surface area contributed by atoms with Crippen LogP contribution in [-0.4, -0.2) is 24.3 Å². The van der Waals surface area contributed by atoms with E-state index in [1.807, 2.05) is 0 Å². The van der Waals surface area contributed by atoms with E-state index in [9.17, 15) is 26.4 Å². The Morgan fingerprint density at radius 1 is 1.06 bits per heavy atom. The van der Waals surface area contributed by atoms with E-state index in [1.165, 1.54) is 48.5 Å². The molecule has 1 heterocycles. The second kappa shape index (κ2) is 9.62. The van der Waals surface area contributed by atoms with Gasteiger partial charge in [0.05, 0.1) is 11.3 Å². The van der Waals surface area contributed by atoms with Gasteiger partial charge in [-0.25, -0.2) is 13.2 Å². The van der Waals surface area contributed by atoms with E-state index < -0.39 is 50.7 Å². The first kappa shape index (κ1) is 24.9. The van der Waals surface area contributed by atoms with Gasteiger partial charge in [-0.15, -0.1) is 0 Å². The first-order valence-corrected chi connectivity index (χ1v) is 11.6. The van der Waals surface area contributed by atoms with E-state index in [0.717, 1.165) is 7.05 Å². The number of carbonyl (C=O) groups is 1. The highest BCUT2D eigenvalue weighted by atomic mass is 35.5. The second-order valence-electron chi connectivity index (χ2n) is 6.85. The van der Waals surface area contributed by atoms with E-state index in [-0.39, 0.29) is 5.69 Å². The molecule has 0 aliphatic rings. The van der Waals surface area contributed by atoms with Crippen LogP contribution in [0.5, 0.6) is 0 Å². The maximum atomic E-state index is 13.6. The van der Waals surface area contributed by atoms with Crippen LogP contribution >= 0.6 is 23.2 Å². The number of amides is 1. The molecule has 0 radical (unpaired) electrons. The van der Waals surface area contributed by atoms with Gasteiger partial charge in [-0.1, -0.05) is 35.3 Å². The number of hydrogen-bond donors (Lipinski definition) is 1. The third kappa shape index (κ3) is 6.18. The molecule has 3 aromatic rings. The Balaban J connectivity index is 1.89. The third-order valence-corrected chi connectivity index (χ3v) is 6.68. The highest BCUT2D eigenvalue weighted by molar-refractivity contribution is 7.90. The number of halogens is 5. The minimum atomic E-state index is -4.98. The molecule has 0 bridgehead atoms. The lowest BCUT2D eigenvalue weighted by Crippen LogP contribution is -2.18. The number of rotatable bonds is 6. The van der Waals surface area contributed by atoms with Gasteiger partial charge >= 0.3 is 12.3 Å². The fourth-order valence-corrected chi connectivity index (χ4v) is 4.99. The number of sulfone groups is 1. The van der Waals surface area contributed by atoms with Gasteiger partial charge in [0.15, 0.2) is 20.6 Å². The summed E-state index contributed by atoms with van der Waals surface area (Å²) in [7, 11) is -3.24. The molecule has 13 heteroatoms. The second-order valence-corrected chi connectivity index (χ2v) is 9.62. The molecule has 0 aliphatic carbocycles. The lowest BCUT2D eigenvalue weighted by Gasteiger charge is -2.11. The summed E-state index contributed by atoms with van der Waals surface area (Å²) in [5, 5.41) is 5.74. The number of aryl methyl sites for hydroxylation is 1. The number of alkyl halides is 3. The molecule has 0 fully saturated rings. The normalized spacial score (nSPS) is 11.9. The highest BCUT2D eigenvalue weighted by Crippen LogP contribution is 2.35. The summed E-state index contributed by atoms with van der Waals surface area (Å²) in [6, 6.07) is 11.7. The molecule has 1 aromatic heterocycles. The number of carbonyl (C=O) groups excluding carboxylic acids is 1. The topological polar surface area (TPSA) is 90.3 Å². The van der Waals surface area contributed by atoms with Crippen LogP contribution in [0.3, 0.4) is 0 Å². The molecule has 7 nitrogen and oxygen atoms in total. The lowest BCUT2D eigenvalue weighted by atomic mass is 10.2. The SMILES string of the molecule is Cn1nc(C(F)(F)F)c(COC(=O)Nc2ccc(Cl)cc2)c1S(=O)(=O)Cc1ccc(Cl)cc1. The van der Waals surface area contributed by atoms with Crippen molar-refractivity contribution in [2.75, 3.05) is 5.32 Å². The van der Waals surface area contributed by atoms with Crippen molar-refractivity contribution in [3.05, 3.63) is 75.4 Å². The van der Waals surface area contributed by atoms with E-state index in [0.29, 0.717) is 20.3 Å². The number of nitrogens with zero attached hydrogens (tertiary/aromatic N) is 2. The monoisotopic (exact) mass is 521 g/mol. The van der Waals surface area contributed by atoms with Crippen LogP contribution in [0.4, 0.5) is 23.7 Å². The highest BCUT2D eigenvalue weighted by Gasteiger charge is 2.41. The standard InChI is InChI=1S/C20H16Cl2F3N3O4S/c1-28-18(33(30,31)11-12-2-4-13(21)5-3-12)16(17(27-28)20(23,24)25)10-32-19(29)26-15-8-6-14(22)7-9-15/h2-9H,10-11H2,1H3,(H,26,29). The van der Waals surface area contributed by atoms with E-state index in [2.05, 4.69) is 10.4 Å². The molecule has 0 saturated heterocycles. The molecule has 1 amide bonds. The molecule has 0 aliphatic heterocycles. The Bertz CT molecular complexity index is 1260.